The van der Waals surface area contributed by atoms with Gasteiger partial charge in [0.05, 0.1) is 11.7 Å². The minimum Gasteiger partial charge on any atom is -0.507 e. The molecule has 8 heteroatoms. The second-order valence-corrected chi connectivity index (χ2v) is 7.44. The molecule has 29 heavy (non-hydrogen) atoms. The van der Waals surface area contributed by atoms with Crippen molar-refractivity contribution in [3.8, 4) is 17.2 Å². The molecule has 0 saturated carbocycles. The van der Waals surface area contributed by atoms with Crippen LogP contribution in [0.25, 0.3) is 0 Å². The van der Waals surface area contributed by atoms with Crippen molar-refractivity contribution in [2.45, 2.75) is 43.9 Å². The van der Waals surface area contributed by atoms with Gasteiger partial charge < -0.3 is 25.0 Å². The SMILES string of the molecule is O=C(NO)c1cc(C(O)C2CCC(CCc3ccc4c(c3)OCO4)N2)ccc1O. The van der Waals surface area contributed by atoms with Gasteiger partial charge in [-0.05, 0) is 61.1 Å². The first-order chi connectivity index (χ1) is 14.0. The maximum Gasteiger partial charge on any atom is 0.278 e. The number of aryl methyl sites for hydroxylation is 1. The number of hydroxylamine groups is 1. The summed E-state index contributed by atoms with van der Waals surface area (Å²) in [6, 6.07) is 10.4. The van der Waals surface area contributed by atoms with E-state index >= 15 is 0 Å². The number of phenols is 1. The van der Waals surface area contributed by atoms with E-state index in [9.17, 15) is 15.0 Å². The van der Waals surface area contributed by atoms with Crippen molar-refractivity contribution in [1.82, 2.24) is 10.8 Å². The third kappa shape index (κ3) is 4.14. The fraction of sp³-hybridized carbons (Fsp3) is 0.381. The number of carbonyl (C=O) groups is 1. The molecule has 0 radical (unpaired) electrons. The van der Waals surface area contributed by atoms with Crippen LogP contribution in [0.3, 0.4) is 0 Å². The highest BCUT2D eigenvalue weighted by atomic mass is 16.7. The number of aromatic hydroxyl groups is 1. The van der Waals surface area contributed by atoms with E-state index in [1.807, 2.05) is 18.2 Å². The zero-order valence-electron chi connectivity index (χ0n) is 15.8. The number of benzene rings is 2. The maximum atomic E-state index is 11.6. The summed E-state index contributed by atoms with van der Waals surface area (Å²) in [6.07, 6.45) is 2.73. The highest BCUT2D eigenvalue weighted by molar-refractivity contribution is 5.96. The minimum atomic E-state index is -0.823. The van der Waals surface area contributed by atoms with Gasteiger partial charge in [0.1, 0.15) is 5.75 Å². The summed E-state index contributed by atoms with van der Waals surface area (Å²) in [4.78, 5) is 11.6. The van der Waals surface area contributed by atoms with Gasteiger partial charge in [0, 0.05) is 12.1 Å². The van der Waals surface area contributed by atoms with Crippen molar-refractivity contribution in [2.24, 2.45) is 0 Å². The van der Waals surface area contributed by atoms with E-state index in [2.05, 4.69) is 5.32 Å². The van der Waals surface area contributed by atoms with E-state index in [4.69, 9.17) is 14.7 Å². The van der Waals surface area contributed by atoms with E-state index in [0.717, 1.165) is 37.2 Å². The van der Waals surface area contributed by atoms with Crippen LogP contribution in [0.4, 0.5) is 0 Å². The van der Waals surface area contributed by atoms with Gasteiger partial charge in [0.15, 0.2) is 11.5 Å². The Balaban J connectivity index is 1.35. The normalized spacial score (nSPS) is 21.2. The van der Waals surface area contributed by atoms with Gasteiger partial charge in [-0.2, -0.15) is 0 Å². The summed E-state index contributed by atoms with van der Waals surface area (Å²) in [5.41, 5.74) is 3.11. The molecule has 1 fully saturated rings. The standard InChI is InChI=1S/C21H24N2O6/c24-17-7-3-13(10-15(17)21(26)23-27)20(25)16-6-5-14(22-16)4-1-12-2-8-18-19(9-12)29-11-28-18/h2-3,7-10,14,16,20,22,24-25,27H,1,4-6,11H2,(H,23,26). The Bertz CT molecular complexity index is 903. The third-order valence-corrected chi connectivity index (χ3v) is 5.58. The fourth-order valence-corrected chi connectivity index (χ4v) is 3.98. The van der Waals surface area contributed by atoms with Crippen LogP contribution >= 0.6 is 0 Å². The number of fused-ring (bicyclic) bond motifs is 1. The molecule has 0 aromatic heterocycles. The van der Waals surface area contributed by atoms with Crippen LogP contribution in [-0.4, -0.2) is 40.2 Å². The van der Waals surface area contributed by atoms with Crippen molar-refractivity contribution in [3.05, 3.63) is 53.1 Å². The van der Waals surface area contributed by atoms with Gasteiger partial charge in [-0.1, -0.05) is 12.1 Å². The number of carbonyl (C=O) groups excluding carboxylic acids is 1. The molecule has 4 rings (SSSR count). The Labute approximate surface area is 168 Å². The molecule has 0 spiro atoms. The Morgan fingerprint density at radius 3 is 2.83 bits per heavy atom. The van der Waals surface area contributed by atoms with Crippen molar-refractivity contribution >= 4 is 5.91 Å². The smallest absolute Gasteiger partial charge is 0.278 e. The van der Waals surface area contributed by atoms with Gasteiger partial charge in [-0.15, -0.1) is 0 Å². The van der Waals surface area contributed by atoms with Gasteiger partial charge in [-0.3, -0.25) is 10.0 Å². The molecule has 0 bridgehead atoms. The number of amides is 1. The number of phenolic OH excluding ortho intramolecular Hbond substituents is 1. The monoisotopic (exact) mass is 400 g/mol. The average Bonchev–Trinajstić information content (AvgIpc) is 3.40. The molecule has 5 N–H and O–H groups in total. The molecule has 1 saturated heterocycles. The van der Waals surface area contributed by atoms with E-state index in [1.54, 1.807) is 6.07 Å². The second-order valence-electron chi connectivity index (χ2n) is 7.44. The number of aliphatic hydroxyl groups excluding tert-OH is 1. The molecule has 0 aliphatic carbocycles. The molecular formula is C21H24N2O6. The predicted molar refractivity (Wildman–Crippen MR) is 103 cm³/mol. The quantitative estimate of drug-likeness (QED) is 0.372. The van der Waals surface area contributed by atoms with Gasteiger partial charge in [-0.25, -0.2) is 5.48 Å². The Kier molecular flexibility index (Phi) is 5.57. The molecule has 2 aliphatic heterocycles. The number of hydrogen-bond donors (Lipinski definition) is 5. The van der Waals surface area contributed by atoms with E-state index in [1.165, 1.54) is 23.2 Å². The highest BCUT2D eigenvalue weighted by Gasteiger charge is 2.30. The van der Waals surface area contributed by atoms with Crippen LogP contribution in [0.2, 0.25) is 0 Å². The summed E-state index contributed by atoms with van der Waals surface area (Å²) in [5.74, 6) is 0.482. The second kappa shape index (κ2) is 8.28. The van der Waals surface area contributed by atoms with E-state index in [-0.39, 0.29) is 30.2 Å². The van der Waals surface area contributed by atoms with Crippen LogP contribution < -0.4 is 20.3 Å². The van der Waals surface area contributed by atoms with E-state index < -0.39 is 12.0 Å². The lowest BCUT2D eigenvalue weighted by atomic mass is 9.98. The summed E-state index contributed by atoms with van der Waals surface area (Å²) in [5, 5.41) is 32.8. The van der Waals surface area contributed by atoms with Crippen LogP contribution in [0.1, 0.15) is 46.9 Å². The maximum absolute atomic E-state index is 11.6. The zero-order valence-corrected chi connectivity index (χ0v) is 15.8. The number of hydrogen-bond acceptors (Lipinski definition) is 7. The van der Waals surface area contributed by atoms with Crippen molar-refractivity contribution in [2.75, 3.05) is 6.79 Å². The predicted octanol–water partition coefficient (Wildman–Crippen LogP) is 2.03. The molecule has 3 unspecified atom stereocenters. The first-order valence-corrected chi connectivity index (χ1v) is 9.65. The van der Waals surface area contributed by atoms with Crippen LogP contribution in [0.15, 0.2) is 36.4 Å². The Morgan fingerprint density at radius 2 is 2.00 bits per heavy atom. The largest absolute Gasteiger partial charge is 0.507 e. The lowest BCUT2D eigenvalue weighted by Gasteiger charge is -2.21. The highest BCUT2D eigenvalue weighted by Crippen LogP contribution is 2.34. The topological polar surface area (TPSA) is 120 Å². The molecule has 3 atom stereocenters. The van der Waals surface area contributed by atoms with E-state index in [0.29, 0.717) is 5.56 Å². The first-order valence-electron chi connectivity index (χ1n) is 9.65. The molecule has 2 heterocycles. The van der Waals surface area contributed by atoms with Gasteiger partial charge >= 0.3 is 0 Å². The molecule has 154 valence electrons. The Morgan fingerprint density at radius 1 is 1.17 bits per heavy atom. The molecule has 2 aromatic rings. The zero-order chi connectivity index (χ0) is 20.4. The van der Waals surface area contributed by atoms with Gasteiger partial charge in [0.2, 0.25) is 6.79 Å². The summed E-state index contributed by atoms with van der Waals surface area (Å²) < 4.78 is 10.8. The fourth-order valence-electron chi connectivity index (χ4n) is 3.98. The lowest BCUT2D eigenvalue weighted by Crippen LogP contribution is -2.34. The molecule has 1 amide bonds. The van der Waals surface area contributed by atoms with Crippen molar-refractivity contribution in [3.63, 3.8) is 0 Å². The summed E-state index contributed by atoms with van der Waals surface area (Å²) in [7, 11) is 0. The molecular weight excluding hydrogens is 376 g/mol. The number of ether oxygens (including phenoxy) is 2. The number of nitrogens with one attached hydrogen (secondary N) is 2. The molecule has 8 nitrogen and oxygen atoms in total. The van der Waals surface area contributed by atoms with Crippen molar-refractivity contribution in [1.29, 1.82) is 0 Å². The first kappa shape index (κ1) is 19.5. The summed E-state index contributed by atoms with van der Waals surface area (Å²) in [6.45, 7) is 0.265. The third-order valence-electron chi connectivity index (χ3n) is 5.58. The lowest BCUT2D eigenvalue weighted by molar-refractivity contribution is 0.0702. The Hall–Kier alpha value is -2.81. The van der Waals surface area contributed by atoms with Crippen LogP contribution in [-0.2, 0) is 6.42 Å². The molecule has 2 aliphatic rings. The number of rotatable bonds is 6. The van der Waals surface area contributed by atoms with Crippen LogP contribution in [0, 0.1) is 0 Å². The summed E-state index contributed by atoms with van der Waals surface area (Å²) >= 11 is 0. The molecule has 2 aromatic carbocycles. The number of aliphatic hydroxyl groups is 1. The van der Waals surface area contributed by atoms with Crippen molar-refractivity contribution < 1.29 is 29.7 Å². The minimum absolute atomic E-state index is 0.0820. The van der Waals surface area contributed by atoms with Crippen LogP contribution in [0.5, 0.6) is 17.2 Å². The van der Waals surface area contributed by atoms with Gasteiger partial charge in [0.25, 0.3) is 5.91 Å². The average molecular weight is 400 g/mol.